The van der Waals surface area contributed by atoms with Gasteiger partial charge in [-0.25, -0.2) is 4.99 Å². The van der Waals surface area contributed by atoms with E-state index in [-0.39, 0.29) is 11.7 Å². The van der Waals surface area contributed by atoms with Crippen LogP contribution >= 0.6 is 15.9 Å². The topological polar surface area (TPSA) is 67.9 Å². The number of halogens is 3. The fourth-order valence-electron chi connectivity index (χ4n) is 2.35. The highest BCUT2D eigenvalue weighted by atomic mass is 79.9. The van der Waals surface area contributed by atoms with Gasteiger partial charge in [-0.05, 0) is 35.4 Å². The van der Waals surface area contributed by atoms with E-state index in [1.807, 2.05) is 6.07 Å². The molecule has 0 bridgehead atoms. The zero-order valence-electron chi connectivity index (χ0n) is 14.2. The minimum atomic E-state index is -2.93. The molecule has 0 aromatic heterocycles. The third-order valence-corrected chi connectivity index (χ3v) is 4.20. The molecule has 2 rings (SSSR count). The largest absolute Gasteiger partial charge is 0.435 e. The van der Waals surface area contributed by atoms with Crippen molar-refractivity contribution in [3.05, 3.63) is 64.1 Å². The predicted octanol–water partition coefficient (Wildman–Crippen LogP) is 3.37. The molecule has 0 aliphatic carbocycles. The molecule has 0 heterocycles. The Hall–Kier alpha value is -2.48. The van der Waals surface area contributed by atoms with E-state index < -0.39 is 12.2 Å². The van der Waals surface area contributed by atoms with Gasteiger partial charge in [0.1, 0.15) is 5.75 Å². The van der Waals surface area contributed by atoms with E-state index in [0.717, 1.165) is 4.47 Å². The molecule has 0 fully saturated rings. The van der Waals surface area contributed by atoms with Crippen molar-refractivity contribution in [3.63, 3.8) is 0 Å². The van der Waals surface area contributed by atoms with Crippen molar-refractivity contribution >= 4 is 28.2 Å². The Kier molecular flexibility index (Phi) is 6.31. The number of carbonyl (C=O) groups excluding carboxylic acids is 1. The molecule has 5 nitrogen and oxygen atoms in total. The van der Waals surface area contributed by atoms with Crippen LogP contribution in [0.3, 0.4) is 0 Å². The van der Waals surface area contributed by atoms with Gasteiger partial charge in [0.25, 0.3) is 0 Å². The van der Waals surface area contributed by atoms with Crippen molar-refractivity contribution in [2.45, 2.75) is 12.2 Å². The number of rotatable bonds is 6. The Labute approximate surface area is 158 Å². The van der Waals surface area contributed by atoms with E-state index in [9.17, 15) is 13.6 Å². The highest BCUT2D eigenvalue weighted by molar-refractivity contribution is 9.10. The summed E-state index contributed by atoms with van der Waals surface area (Å²) in [7, 11) is 3.41. The molecule has 0 amide bonds. The van der Waals surface area contributed by atoms with Crippen LogP contribution in [0, 0.1) is 0 Å². The summed E-state index contributed by atoms with van der Waals surface area (Å²) in [6, 6.07) is 12.8. The molecule has 0 saturated carbocycles. The number of aldehydes is 1. The third kappa shape index (κ3) is 4.37. The van der Waals surface area contributed by atoms with Crippen LogP contribution in [-0.4, -0.2) is 37.9 Å². The van der Waals surface area contributed by atoms with Gasteiger partial charge in [-0.2, -0.15) is 8.78 Å². The van der Waals surface area contributed by atoms with Crippen molar-refractivity contribution in [3.8, 4) is 5.75 Å². The highest BCUT2D eigenvalue weighted by Gasteiger charge is 2.35. The highest BCUT2D eigenvalue weighted by Crippen LogP contribution is 2.34. The van der Waals surface area contributed by atoms with Crippen LogP contribution in [0.2, 0.25) is 0 Å². The Morgan fingerprint density at radius 2 is 1.88 bits per heavy atom. The summed E-state index contributed by atoms with van der Waals surface area (Å²) in [5, 5.41) is 0. The minimum absolute atomic E-state index is 0.0117. The molecule has 0 aliphatic heterocycles. The van der Waals surface area contributed by atoms with Crippen molar-refractivity contribution in [2.24, 2.45) is 10.7 Å². The summed E-state index contributed by atoms with van der Waals surface area (Å²) in [5.74, 6) is 0.132. The van der Waals surface area contributed by atoms with Crippen molar-refractivity contribution in [1.29, 1.82) is 0 Å². The average molecular weight is 426 g/mol. The fraction of sp³-hybridized carbons (Fsp3) is 0.222. The lowest BCUT2D eigenvalue weighted by Gasteiger charge is -2.27. The van der Waals surface area contributed by atoms with Crippen LogP contribution in [0.5, 0.6) is 5.75 Å². The van der Waals surface area contributed by atoms with E-state index in [1.54, 1.807) is 37.2 Å². The van der Waals surface area contributed by atoms with Crippen LogP contribution in [0.15, 0.2) is 58.0 Å². The van der Waals surface area contributed by atoms with Gasteiger partial charge in [0.15, 0.2) is 17.8 Å². The monoisotopic (exact) mass is 425 g/mol. The molecule has 0 spiro atoms. The lowest BCUT2D eigenvalue weighted by molar-refractivity contribution is -0.111. The minimum Gasteiger partial charge on any atom is -0.435 e. The number of hydrogen-bond acceptors (Lipinski definition) is 3. The van der Waals surface area contributed by atoms with Gasteiger partial charge in [-0.1, -0.05) is 40.2 Å². The molecule has 0 aliphatic rings. The lowest BCUT2D eigenvalue weighted by atomic mass is 9.84. The molecule has 0 radical (unpaired) electrons. The maximum absolute atomic E-state index is 12.4. The smallest absolute Gasteiger partial charge is 0.387 e. The van der Waals surface area contributed by atoms with Crippen molar-refractivity contribution in [1.82, 2.24) is 4.90 Å². The molecule has 1 unspecified atom stereocenters. The Morgan fingerprint density at radius 1 is 1.23 bits per heavy atom. The van der Waals surface area contributed by atoms with Crippen LogP contribution in [0.1, 0.15) is 11.1 Å². The van der Waals surface area contributed by atoms with E-state index in [0.29, 0.717) is 17.4 Å². The Bertz CT molecular complexity index is 797. The van der Waals surface area contributed by atoms with Crippen molar-refractivity contribution < 1.29 is 18.3 Å². The van der Waals surface area contributed by atoms with E-state index in [1.165, 1.54) is 24.3 Å². The Balaban J connectivity index is 2.63. The zero-order valence-corrected chi connectivity index (χ0v) is 15.8. The molecular formula is C18H18BrF2N3O2. The molecule has 2 aromatic carbocycles. The maximum atomic E-state index is 12.4. The van der Waals surface area contributed by atoms with Crippen molar-refractivity contribution in [2.75, 3.05) is 14.1 Å². The summed E-state index contributed by atoms with van der Waals surface area (Å²) in [6.45, 7) is -2.93. The number of carbonyl (C=O) groups is 1. The number of guanidine groups is 1. The lowest BCUT2D eigenvalue weighted by Crippen LogP contribution is -2.37. The zero-order chi connectivity index (χ0) is 19.3. The normalized spacial score (nSPS) is 14.0. The second-order valence-corrected chi connectivity index (χ2v) is 6.58. The average Bonchev–Trinajstić information content (AvgIpc) is 2.59. The fourth-order valence-corrected chi connectivity index (χ4v) is 2.75. The van der Waals surface area contributed by atoms with Gasteiger partial charge in [0.05, 0.1) is 0 Å². The second kappa shape index (κ2) is 8.27. The van der Waals surface area contributed by atoms with Crippen LogP contribution in [0.4, 0.5) is 8.78 Å². The summed E-state index contributed by atoms with van der Waals surface area (Å²) in [4.78, 5) is 18.2. The van der Waals surface area contributed by atoms with Gasteiger partial charge in [-0.15, -0.1) is 0 Å². The number of ether oxygens (including phenoxy) is 1. The molecule has 8 heteroatoms. The predicted molar refractivity (Wildman–Crippen MR) is 99.4 cm³/mol. The summed E-state index contributed by atoms with van der Waals surface area (Å²) >= 11 is 3.38. The molecule has 138 valence electrons. The molecule has 26 heavy (non-hydrogen) atoms. The molecule has 0 saturated heterocycles. The molecule has 2 aromatic rings. The summed E-state index contributed by atoms with van der Waals surface area (Å²) in [6.07, 6.45) is 0.675. The maximum Gasteiger partial charge on any atom is 0.387 e. The molecule has 1 atom stereocenters. The number of aliphatic imine (C=N–C) groups is 1. The van der Waals surface area contributed by atoms with E-state index in [4.69, 9.17) is 5.73 Å². The summed E-state index contributed by atoms with van der Waals surface area (Å²) in [5.41, 5.74) is 5.59. The summed E-state index contributed by atoms with van der Waals surface area (Å²) < 4.78 is 29.9. The van der Waals surface area contributed by atoms with Gasteiger partial charge in [0, 0.05) is 18.6 Å². The number of benzene rings is 2. The quantitative estimate of drug-likeness (QED) is 0.437. The standard InChI is InChI=1S/C18H18BrF2N3O2/c1-24(2)17(22)23-18(11-25,13-4-3-5-14(19)10-13)12-6-8-15(9-7-12)26-16(20)21/h3-11,16H,1-2H3,(H2,22,23). The number of alkyl halides is 2. The second-order valence-electron chi connectivity index (χ2n) is 5.66. The first-order valence-corrected chi connectivity index (χ1v) is 8.38. The van der Waals surface area contributed by atoms with Crippen LogP contribution in [0.25, 0.3) is 0 Å². The third-order valence-electron chi connectivity index (χ3n) is 3.70. The van der Waals surface area contributed by atoms with Crippen LogP contribution < -0.4 is 10.5 Å². The van der Waals surface area contributed by atoms with Gasteiger partial charge in [0.2, 0.25) is 0 Å². The SMILES string of the molecule is CN(C)C(N)=NC(C=O)(c1ccc(OC(F)F)cc1)c1cccc(Br)c1. The van der Waals surface area contributed by atoms with Gasteiger partial charge < -0.3 is 15.4 Å². The first-order valence-electron chi connectivity index (χ1n) is 7.59. The van der Waals surface area contributed by atoms with Crippen LogP contribution in [-0.2, 0) is 10.3 Å². The Morgan fingerprint density at radius 3 is 2.38 bits per heavy atom. The first kappa shape index (κ1) is 19.8. The number of hydrogen-bond donors (Lipinski definition) is 1. The number of nitrogens with zero attached hydrogens (tertiary/aromatic N) is 2. The molecular weight excluding hydrogens is 408 g/mol. The first-order chi connectivity index (χ1) is 12.3. The number of nitrogens with two attached hydrogens (primary N) is 1. The molecule has 2 N–H and O–H groups in total. The van der Waals surface area contributed by atoms with Gasteiger partial charge in [-0.3, -0.25) is 4.79 Å². The van der Waals surface area contributed by atoms with E-state index >= 15 is 0 Å². The van der Waals surface area contributed by atoms with Gasteiger partial charge >= 0.3 is 6.61 Å². The van der Waals surface area contributed by atoms with E-state index in [2.05, 4.69) is 25.7 Å².